The average molecular weight is 816 g/mol. The van der Waals surface area contributed by atoms with Crippen LogP contribution in [0.4, 0.5) is 0 Å². The van der Waals surface area contributed by atoms with Crippen LogP contribution in [0.1, 0.15) is 11.1 Å². The van der Waals surface area contributed by atoms with Crippen molar-refractivity contribution in [2.45, 2.75) is 0 Å². The molecular weight excluding hydrogens is 779 g/mol. The fourth-order valence-corrected chi connectivity index (χ4v) is 9.01. The Hall–Kier alpha value is -8.85. The SMILES string of the molecule is C(#Cc1cc2c(cc1-c1cccc(-c3ccccc3)c1)c1ccccc1n2-c1nc(-c2ccccc2)nc(-c2ccccc2)n1)c1ccc2c(c1)c1ccccc1n2-c1ccccc1. The van der Waals surface area contributed by atoms with Gasteiger partial charge in [0.2, 0.25) is 5.95 Å². The summed E-state index contributed by atoms with van der Waals surface area (Å²) in [7, 11) is 0. The summed E-state index contributed by atoms with van der Waals surface area (Å²) < 4.78 is 4.51. The van der Waals surface area contributed by atoms with Gasteiger partial charge in [-0.05, 0) is 82.9 Å². The zero-order chi connectivity index (χ0) is 42.4. The molecule has 0 saturated carbocycles. The second-order valence-corrected chi connectivity index (χ2v) is 15.9. The number of hydrogen-bond acceptors (Lipinski definition) is 3. The van der Waals surface area contributed by atoms with Crippen LogP contribution in [-0.4, -0.2) is 24.1 Å². The average Bonchev–Trinajstić information content (AvgIpc) is 3.88. The van der Waals surface area contributed by atoms with Crippen molar-refractivity contribution in [3.8, 4) is 68.5 Å². The Morgan fingerprint density at radius 3 is 1.48 bits per heavy atom. The van der Waals surface area contributed by atoms with Gasteiger partial charge in [0, 0.05) is 49.5 Å². The highest BCUT2D eigenvalue weighted by atomic mass is 15.2. The molecule has 0 spiro atoms. The number of fused-ring (bicyclic) bond motifs is 6. The van der Waals surface area contributed by atoms with E-state index in [-0.39, 0.29) is 0 Å². The van der Waals surface area contributed by atoms with Crippen molar-refractivity contribution in [1.82, 2.24) is 24.1 Å². The topological polar surface area (TPSA) is 48.5 Å². The Morgan fingerprint density at radius 1 is 0.312 bits per heavy atom. The molecule has 0 atom stereocenters. The van der Waals surface area contributed by atoms with Crippen LogP contribution in [0.2, 0.25) is 0 Å². The largest absolute Gasteiger partial charge is 0.309 e. The minimum atomic E-state index is 0.539. The van der Waals surface area contributed by atoms with Gasteiger partial charge in [-0.3, -0.25) is 4.57 Å². The van der Waals surface area contributed by atoms with Crippen LogP contribution < -0.4 is 0 Å². The van der Waals surface area contributed by atoms with Crippen LogP contribution in [0.15, 0.2) is 224 Å². The first kappa shape index (κ1) is 37.0. The summed E-state index contributed by atoms with van der Waals surface area (Å²) in [5.41, 5.74) is 13.5. The smallest absolute Gasteiger partial charge is 0.238 e. The summed E-state index contributed by atoms with van der Waals surface area (Å²) >= 11 is 0. The Labute approximate surface area is 370 Å². The minimum Gasteiger partial charge on any atom is -0.309 e. The molecule has 12 rings (SSSR count). The quantitative estimate of drug-likeness (QED) is 0.157. The lowest BCUT2D eigenvalue weighted by atomic mass is 9.94. The van der Waals surface area contributed by atoms with E-state index in [1.165, 1.54) is 5.39 Å². The summed E-state index contributed by atoms with van der Waals surface area (Å²) in [4.78, 5) is 15.4. The molecule has 5 heteroatoms. The molecule has 3 heterocycles. The van der Waals surface area contributed by atoms with E-state index >= 15 is 0 Å². The normalized spacial score (nSPS) is 11.3. The maximum absolute atomic E-state index is 5.20. The van der Waals surface area contributed by atoms with E-state index in [1.807, 2.05) is 60.7 Å². The van der Waals surface area contributed by atoms with Gasteiger partial charge in [0.15, 0.2) is 11.6 Å². The summed E-state index contributed by atoms with van der Waals surface area (Å²) in [6, 6.07) is 78.3. The van der Waals surface area contributed by atoms with Crippen molar-refractivity contribution in [2.75, 3.05) is 0 Å². The van der Waals surface area contributed by atoms with Gasteiger partial charge in [-0.15, -0.1) is 0 Å². The van der Waals surface area contributed by atoms with Crippen molar-refractivity contribution < 1.29 is 0 Å². The molecule has 3 aromatic heterocycles. The van der Waals surface area contributed by atoms with Gasteiger partial charge in [0.05, 0.1) is 22.1 Å². The van der Waals surface area contributed by atoms with E-state index < -0.39 is 0 Å². The van der Waals surface area contributed by atoms with Crippen LogP contribution in [-0.2, 0) is 0 Å². The first-order valence-corrected chi connectivity index (χ1v) is 21.4. The molecule has 0 N–H and O–H groups in total. The first-order valence-electron chi connectivity index (χ1n) is 21.4. The van der Waals surface area contributed by atoms with E-state index in [0.717, 1.165) is 88.4 Å². The van der Waals surface area contributed by atoms with Gasteiger partial charge >= 0.3 is 0 Å². The molecule has 0 aliphatic heterocycles. The van der Waals surface area contributed by atoms with E-state index in [9.17, 15) is 0 Å². The monoisotopic (exact) mass is 815 g/mol. The number of aromatic nitrogens is 5. The van der Waals surface area contributed by atoms with Crippen LogP contribution in [0.25, 0.3) is 100 Å². The van der Waals surface area contributed by atoms with Crippen LogP contribution in [0.3, 0.4) is 0 Å². The maximum Gasteiger partial charge on any atom is 0.238 e. The molecular formula is C59H37N5. The molecule has 0 fully saturated rings. The molecule has 5 nitrogen and oxygen atoms in total. The van der Waals surface area contributed by atoms with Crippen molar-refractivity contribution in [3.63, 3.8) is 0 Å². The highest BCUT2D eigenvalue weighted by Crippen LogP contribution is 2.38. The molecule has 64 heavy (non-hydrogen) atoms. The van der Waals surface area contributed by atoms with E-state index in [0.29, 0.717) is 17.6 Å². The molecule has 298 valence electrons. The highest BCUT2D eigenvalue weighted by Gasteiger charge is 2.20. The lowest BCUT2D eigenvalue weighted by Gasteiger charge is -2.12. The second kappa shape index (κ2) is 15.6. The van der Waals surface area contributed by atoms with Crippen LogP contribution >= 0.6 is 0 Å². The third-order valence-corrected chi connectivity index (χ3v) is 12.0. The molecule has 12 aromatic rings. The fraction of sp³-hybridized carbons (Fsp3) is 0. The Kier molecular flexibility index (Phi) is 8.99. The number of benzene rings is 9. The predicted octanol–water partition coefficient (Wildman–Crippen LogP) is 14.1. The molecule has 0 aliphatic carbocycles. The summed E-state index contributed by atoms with van der Waals surface area (Å²) in [5, 5.41) is 4.53. The fourth-order valence-electron chi connectivity index (χ4n) is 9.01. The summed E-state index contributed by atoms with van der Waals surface area (Å²) in [6.07, 6.45) is 0. The van der Waals surface area contributed by atoms with E-state index in [4.69, 9.17) is 15.0 Å². The molecule has 0 radical (unpaired) electrons. The summed E-state index contributed by atoms with van der Waals surface area (Å²) in [6.45, 7) is 0. The number of rotatable bonds is 6. The third kappa shape index (κ3) is 6.50. The van der Waals surface area contributed by atoms with Crippen molar-refractivity contribution in [2.24, 2.45) is 0 Å². The van der Waals surface area contributed by atoms with Gasteiger partial charge in [-0.25, -0.2) is 4.98 Å². The molecule has 0 aliphatic rings. The summed E-state index contributed by atoms with van der Waals surface area (Å²) in [5.74, 6) is 9.09. The molecule has 9 aromatic carbocycles. The highest BCUT2D eigenvalue weighted by molar-refractivity contribution is 6.12. The third-order valence-electron chi connectivity index (χ3n) is 12.0. The van der Waals surface area contributed by atoms with Gasteiger partial charge < -0.3 is 4.57 Å². The van der Waals surface area contributed by atoms with E-state index in [1.54, 1.807) is 0 Å². The van der Waals surface area contributed by atoms with E-state index in [2.05, 4.69) is 185 Å². The Morgan fingerprint density at radius 2 is 0.828 bits per heavy atom. The number of para-hydroxylation sites is 3. The van der Waals surface area contributed by atoms with Crippen LogP contribution in [0, 0.1) is 11.8 Å². The van der Waals surface area contributed by atoms with Crippen molar-refractivity contribution in [1.29, 1.82) is 0 Å². The molecule has 0 bridgehead atoms. The zero-order valence-electron chi connectivity index (χ0n) is 34.6. The lowest BCUT2D eigenvalue weighted by Crippen LogP contribution is -2.06. The van der Waals surface area contributed by atoms with Crippen molar-refractivity contribution >= 4 is 43.6 Å². The Balaban J connectivity index is 1.10. The first-order chi connectivity index (χ1) is 31.7. The second-order valence-electron chi connectivity index (χ2n) is 15.9. The molecule has 0 unspecified atom stereocenters. The maximum atomic E-state index is 5.20. The zero-order valence-corrected chi connectivity index (χ0v) is 34.6. The van der Waals surface area contributed by atoms with Crippen molar-refractivity contribution in [3.05, 3.63) is 236 Å². The number of hydrogen-bond donors (Lipinski definition) is 0. The minimum absolute atomic E-state index is 0.539. The Bertz CT molecular complexity index is 3710. The molecule has 0 saturated heterocycles. The van der Waals surface area contributed by atoms with Gasteiger partial charge in [0.1, 0.15) is 0 Å². The predicted molar refractivity (Wildman–Crippen MR) is 263 cm³/mol. The van der Waals surface area contributed by atoms with Gasteiger partial charge in [0.25, 0.3) is 0 Å². The standard InChI is InChI=1S/C59H37N5/c1-5-18-41(19-6-1)44-24-17-25-45(37-44)50-39-52-49-29-14-16-31-54(49)64(59-61-57(42-20-7-2-8-21-42)60-58(62-59)43-22-9-3-10-23-43)56(52)38-46(50)34-32-40-33-35-55-51(36-40)48-28-13-15-30-53(48)63(55)47-26-11-4-12-27-47/h1-31,33,35-39H. The molecule has 0 amide bonds. The van der Waals surface area contributed by atoms with Gasteiger partial charge in [-0.2, -0.15) is 9.97 Å². The van der Waals surface area contributed by atoms with Crippen LogP contribution in [0.5, 0.6) is 0 Å². The number of nitrogens with zero attached hydrogens (tertiary/aromatic N) is 5. The lowest BCUT2D eigenvalue weighted by molar-refractivity contribution is 0.953. The van der Waals surface area contributed by atoms with Gasteiger partial charge in [-0.1, -0.05) is 176 Å².